The zero-order chi connectivity index (χ0) is 18.7. The minimum atomic E-state index is -3.70. The lowest BCUT2D eigenvalue weighted by atomic mass is 10.3. The summed E-state index contributed by atoms with van der Waals surface area (Å²) in [5, 5.41) is 2.66. The molecule has 0 radical (unpaired) electrons. The highest BCUT2D eigenvalue weighted by Crippen LogP contribution is 2.30. The van der Waals surface area contributed by atoms with Crippen molar-refractivity contribution >= 4 is 33.2 Å². The highest BCUT2D eigenvalue weighted by molar-refractivity contribution is 7.89. The molecule has 1 aromatic heterocycles. The van der Waals surface area contributed by atoms with E-state index in [0.717, 1.165) is 0 Å². The van der Waals surface area contributed by atoms with E-state index in [9.17, 15) is 13.2 Å². The zero-order valence-electron chi connectivity index (χ0n) is 13.9. The molecule has 1 fully saturated rings. The van der Waals surface area contributed by atoms with Crippen LogP contribution in [0, 0.1) is 0 Å². The first kappa shape index (κ1) is 18.7. The van der Waals surface area contributed by atoms with Crippen molar-refractivity contribution in [3.63, 3.8) is 0 Å². The molecule has 0 saturated carbocycles. The average Bonchev–Trinajstić information content (AvgIpc) is 3.09. The largest absolute Gasteiger partial charge is 0.495 e. The van der Waals surface area contributed by atoms with Crippen molar-refractivity contribution in [2.24, 2.45) is 0 Å². The third kappa shape index (κ3) is 3.85. The van der Waals surface area contributed by atoms with E-state index in [4.69, 9.17) is 25.5 Å². The van der Waals surface area contributed by atoms with Crippen molar-refractivity contribution in [1.82, 2.24) is 4.31 Å². The number of nitrogens with one attached hydrogen (secondary N) is 1. The van der Waals surface area contributed by atoms with Gasteiger partial charge in [0.15, 0.2) is 11.0 Å². The Balaban J connectivity index is 1.90. The van der Waals surface area contributed by atoms with Gasteiger partial charge in [-0.3, -0.25) is 4.79 Å². The van der Waals surface area contributed by atoms with Gasteiger partial charge in [0, 0.05) is 13.1 Å². The average molecular weight is 401 g/mol. The van der Waals surface area contributed by atoms with Crippen LogP contribution in [0.2, 0.25) is 5.22 Å². The molecule has 2 heterocycles. The van der Waals surface area contributed by atoms with Crippen LogP contribution in [-0.4, -0.2) is 52.0 Å². The van der Waals surface area contributed by atoms with Gasteiger partial charge in [-0.15, -0.1) is 0 Å². The molecule has 0 spiro atoms. The molecule has 1 amide bonds. The summed E-state index contributed by atoms with van der Waals surface area (Å²) in [6, 6.07) is 7.12. The van der Waals surface area contributed by atoms with Crippen LogP contribution in [0.25, 0.3) is 0 Å². The Morgan fingerprint density at radius 3 is 2.58 bits per heavy atom. The summed E-state index contributed by atoms with van der Waals surface area (Å²) >= 11 is 5.67. The lowest BCUT2D eigenvalue weighted by Gasteiger charge is -2.26. The number of sulfonamides is 1. The minimum absolute atomic E-state index is 0.00140. The molecule has 1 saturated heterocycles. The Morgan fingerprint density at radius 1 is 1.23 bits per heavy atom. The number of benzene rings is 1. The van der Waals surface area contributed by atoms with Gasteiger partial charge in [-0.05, 0) is 41.9 Å². The maximum atomic E-state index is 12.8. The van der Waals surface area contributed by atoms with Gasteiger partial charge in [-0.2, -0.15) is 4.31 Å². The van der Waals surface area contributed by atoms with Gasteiger partial charge in [0.1, 0.15) is 5.75 Å². The lowest BCUT2D eigenvalue weighted by molar-refractivity contribution is 0.0730. The van der Waals surface area contributed by atoms with Crippen LogP contribution in [-0.2, 0) is 14.8 Å². The first-order valence-electron chi connectivity index (χ1n) is 7.74. The van der Waals surface area contributed by atoms with Crippen molar-refractivity contribution in [3.8, 4) is 5.75 Å². The van der Waals surface area contributed by atoms with Crippen molar-refractivity contribution in [1.29, 1.82) is 0 Å². The predicted molar refractivity (Wildman–Crippen MR) is 94.2 cm³/mol. The quantitative estimate of drug-likeness (QED) is 0.826. The number of hydrogen-bond acceptors (Lipinski definition) is 6. The third-order valence-corrected chi connectivity index (χ3v) is 5.92. The second kappa shape index (κ2) is 7.67. The summed E-state index contributed by atoms with van der Waals surface area (Å²) in [5.41, 5.74) is 0.208. The maximum absolute atomic E-state index is 12.8. The number of furan rings is 1. The second-order valence-corrected chi connectivity index (χ2v) is 7.75. The number of nitrogens with zero attached hydrogens (tertiary/aromatic N) is 1. The summed E-state index contributed by atoms with van der Waals surface area (Å²) < 4.78 is 42.3. The monoisotopic (exact) mass is 400 g/mol. The van der Waals surface area contributed by atoms with E-state index >= 15 is 0 Å². The summed E-state index contributed by atoms with van der Waals surface area (Å²) in [4.78, 5) is 12.3. The minimum Gasteiger partial charge on any atom is -0.495 e. The van der Waals surface area contributed by atoms with E-state index in [-0.39, 0.29) is 34.7 Å². The van der Waals surface area contributed by atoms with Crippen molar-refractivity contribution in [3.05, 3.63) is 41.3 Å². The number of morpholine rings is 1. The first-order chi connectivity index (χ1) is 12.4. The zero-order valence-corrected chi connectivity index (χ0v) is 15.5. The van der Waals surface area contributed by atoms with E-state index in [1.807, 2.05) is 0 Å². The number of ether oxygens (including phenoxy) is 2. The van der Waals surface area contributed by atoms with E-state index < -0.39 is 15.9 Å². The maximum Gasteiger partial charge on any atom is 0.291 e. The topological polar surface area (TPSA) is 98.1 Å². The number of rotatable bonds is 5. The van der Waals surface area contributed by atoms with Crippen LogP contribution in [0.5, 0.6) is 5.75 Å². The fourth-order valence-corrected chi connectivity index (χ4v) is 4.08. The van der Waals surface area contributed by atoms with Crippen LogP contribution in [0.15, 0.2) is 39.6 Å². The number of amides is 1. The Kier molecular flexibility index (Phi) is 5.52. The fourth-order valence-electron chi connectivity index (χ4n) is 2.50. The van der Waals surface area contributed by atoms with Gasteiger partial charge >= 0.3 is 0 Å². The van der Waals surface area contributed by atoms with E-state index in [1.165, 1.54) is 41.7 Å². The van der Waals surface area contributed by atoms with Gasteiger partial charge in [-0.25, -0.2) is 8.42 Å². The number of carbonyl (C=O) groups excluding carboxylic acids is 1. The van der Waals surface area contributed by atoms with Crippen LogP contribution >= 0.6 is 11.6 Å². The number of methoxy groups -OCH3 is 1. The molecule has 26 heavy (non-hydrogen) atoms. The smallest absolute Gasteiger partial charge is 0.291 e. The molecule has 140 valence electrons. The molecule has 3 rings (SSSR count). The van der Waals surface area contributed by atoms with Gasteiger partial charge in [0.05, 0.1) is 30.9 Å². The van der Waals surface area contributed by atoms with E-state index in [1.54, 1.807) is 0 Å². The predicted octanol–water partition coefficient (Wildman–Crippen LogP) is 2.21. The van der Waals surface area contributed by atoms with Crippen molar-refractivity contribution < 1.29 is 27.1 Å². The Bertz CT molecular complexity index is 905. The molecule has 0 aliphatic carbocycles. The first-order valence-corrected chi connectivity index (χ1v) is 9.56. The number of anilines is 1. The molecule has 0 atom stereocenters. The van der Waals surface area contributed by atoms with Gasteiger partial charge in [0.25, 0.3) is 5.91 Å². The van der Waals surface area contributed by atoms with Gasteiger partial charge < -0.3 is 19.2 Å². The summed E-state index contributed by atoms with van der Waals surface area (Å²) in [6.07, 6.45) is 0. The fraction of sp³-hybridized carbons (Fsp3) is 0.312. The molecule has 10 heteroatoms. The number of carbonyl (C=O) groups is 1. The molecule has 1 aliphatic heterocycles. The second-order valence-electron chi connectivity index (χ2n) is 5.44. The molecular weight excluding hydrogens is 384 g/mol. The molecule has 8 nitrogen and oxygen atoms in total. The summed E-state index contributed by atoms with van der Waals surface area (Å²) in [7, 11) is -2.28. The number of hydrogen-bond donors (Lipinski definition) is 1. The highest BCUT2D eigenvalue weighted by atomic mass is 35.5. The Labute approximate surface area is 155 Å². The van der Waals surface area contributed by atoms with Crippen molar-refractivity contribution in [2.75, 3.05) is 38.7 Å². The Hall–Kier alpha value is -2.07. The van der Waals surface area contributed by atoms with Crippen LogP contribution in [0.1, 0.15) is 10.6 Å². The molecular formula is C16H17ClN2O6S. The normalized spacial score (nSPS) is 15.6. The van der Waals surface area contributed by atoms with Crippen LogP contribution < -0.4 is 10.1 Å². The van der Waals surface area contributed by atoms with E-state index in [0.29, 0.717) is 19.0 Å². The highest BCUT2D eigenvalue weighted by Gasteiger charge is 2.27. The Morgan fingerprint density at radius 2 is 1.96 bits per heavy atom. The SMILES string of the molecule is COc1ccc(S(=O)(=O)N2CCOCC2)cc1NC(=O)c1ccc(Cl)o1. The molecule has 2 aromatic rings. The van der Waals surface area contributed by atoms with Gasteiger partial charge in [0.2, 0.25) is 10.0 Å². The lowest BCUT2D eigenvalue weighted by Crippen LogP contribution is -2.40. The standard InChI is InChI=1S/C16H17ClN2O6S/c1-23-13-3-2-11(26(21,22)19-6-8-24-9-7-19)10-12(13)18-16(20)14-4-5-15(17)25-14/h2-5,10H,6-9H2,1H3,(H,18,20). The summed E-state index contributed by atoms with van der Waals surface area (Å²) in [6.45, 7) is 1.25. The van der Waals surface area contributed by atoms with E-state index in [2.05, 4.69) is 5.32 Å². The molecule has 0 bridgehead atoms. The molecule has 0 unspecified atom stereocenters. The molecule has 1 N–H and O–H groups in total. The summed E-state index contributed by atoms with van der Waals surface area (Å²) in [5.74, 6) is -0.258. The molecule has 1 aromatic carbocycles. The van der Waals surface area contributed by atoms with Crippen molar-refractivity contribution in [2.45, 2.75) is 4.90 Å². The van der Waals surface area contributed by atoms with Crippen LogP contribution in [0.4, 0.5) is 5.69 Å². The number of halogens is 1. The van der Waals surface area contributed by atoms with Crippen LogP contribution in [0.3, 0.4) is 0 Å². The molecule has 1 aliphatic rings. The van der Waals surface area contributed by atoms with Gasteiger partial charge in [-0.1, -0.05) is 0 Å². The third-order valence-electron chi connectivity index (χ3n) is 3.82.